The fourth-order valence-corrected chi connectivity index (χ4v) is 3.65. The highest BCUT2D eigenvalue weighted by atomic mass is 35.5. The van der Waals surface area contributed by atoms with Crippen LogP contribution in [0.15, 0.2) is 28.8 Å². The van der Waals surface area contributed by atoms with Gasteiger partial charge in [0.05, 0.1) is 13.7 Å². The van der Waals surface area contributed by atoms with E-state index >= 15 is 0 Å². The molecule has 30 heavy (non-hydrogen) atoms. The summed E-state index contributed by atoms with van der Waals surface area (Å²) in [6, 6.07) is 7.58. The first kappa shape index (κ1) is 24.4. The lowest BCUT2D eigenvalue weighted by molar-refractivity contribution is -0.139. The summed E-state index contributed by atoms with van der Waals surface area (Å²) in [5.74, 6) is 2.85. The van der Waals surface area contributed by atoms with E-state index in [9.17, 15) is 4.79 Å². The third kappa shape index (κ3) is 5.43. The van der Waals surface area contributed by atoms with E-state index in [-0.39, 0.29) is 36.6 Å². The van der Waals surface area contributed by atoms with Crippen molar-refractivity contribution in [2.45, 2.75) is 13.5 Å². The Kier molecular flexibility index (Phi) is 8.91. The summed E-state index contributed by atoms with van der Waals surface area (Å²) in [6.45, 7) is 7.72. The van der Waals surface area contributed by atoms with Crippen LogP contribution < -0.4 is 10.1 Å². The van der Waals surface area contributed by atoms with E-state index in [1.165, 1.54) is 0 Å². The van der Waals surface area contributed by atoms with Crippen molar-refractivity contribution >= 4 is 30.7 Å². The number of aromatic nitrogens is 2. The molecule has 0 spiro atoms. The second-order valence-corrected chi connectivity index (χ2v) is 7.55. The molecule has 2 saturated heterocycles. The Bertz CT molecular complexity index is 805. The Hall–Kier alpha value is -1.87. The van der Waals surface area contributed by atoms with Crippen LogP contribution in [0, 0.1) is 11.8 Å². The Balaban J connectivity index is 0.00000160. The Morgan fingerprint density at radius 2 is 1.87 bits per heavy atom. The first-order chi connectivity index (χ1) is 13.6. The number of hydrogen-bond acceptors (Lipinski definition) is 7. The number of halogens is 2. The highest BCUT2D eigenvalue weighted by Gasteiger charge is 2.33. The van der Waals surface area contributed by atoms with E-state index in [0.717, 1.165) is 50.6 Å². The number of nitrogens with zero attached hydrogens (tertiary/aromatic N) is 4. The van der Waals surface area contributed by atoms with Gasteiger partial charge < -0.3 is 19.5 Å². The lowest BCUT2D eigenvalue weighted by Gasteiger charge is -2.38. The molecule has 1 aromatic heterocycles. The SMILES string of the molecule is COc1ccc(-c2noc(CN3CCN(C(=O)C(C)C4CNC4)CC3)n2)cc1.Cl.Cl. The first-order valence-electron chi connectivity index (χ1n) is 9.83. The fourth-order valence-electron chi connectivity index (χ4n) is 3.65. The van der Waals surface area contributed by atoms with Crippen molar-refractivity contribution < 1.29 is 14.1 Å². The molecular weight excluding hydrogens is 429 g/mol. The Labute approximate surface area is 189 Å². The number of nitrogens with one attached hydrogen (secondary N) is 1. The van der Waals surface area contributed by atoms with Crippen molar-refractivity contribution in [3.8, 4) is 17.1 Å². The van der Waals surface area contributed by atoms with Crippen LogP contribution in [-0.2, 0) is 11.3 Å². The predicted molar refractivity (Wildman–Crippen MR) is 118 cm³/mol. The molecular formula is C20H29Cl2N5O3. The third-order valence-electron chi connectivity index (χ3n) is 5.77. The van der Waals surface area contributed by atoms with Gasteiger partial charge in [-0.25, -0.2) is 0 Å². The largest absolute Gasteiger partial charge is 0.497 e. The van der Waals surface area contributed by atoms with Gasteiger partial charge in [-0.05, 0) is 43.3 Å². The molecule has 10 heteroatoms. The number of methoxy groups -OCH3 is 1. The monoisotopic (exact) mass is 457 g/mol. The smallest absolute Gasteiger partial charge is 0.241 e. The first-order valence-corrected chi connectivity index (χ1v) is 9.83. The highest BCUT2D eigenvalue weighted by Crippen LogP contribution is 2.21. The summed E-state index contributed by atoms with van der Waals surface area (Å²) in [5, 5.41) is 7.33. The molecule has 1 unspecified atom stereocenters. The molecule has 1 aromatic carbocycles. The molecule has 2 aliphatic rings. The molecule has 1 N–H and O–H groups in total. The number of piperazine rings is 1. The van der Waals surface area contributed by atoms with Crippen LogP contribution in [0.25, 0.3) is 11.4 Å². The molecule has 2 aliphatic heterocycles. The van der Waals surface area contributed by atoms with Gasteiger partial charge in [-0.2, -0.15) is 4.98 Å². The van der Waals surface area contributed by atoms with Gasteiger partial charge >= 0.3 is 0 Å². The van der Waals surface area contributed by atoms with Crippen molar-refractivity contribution in [1.29, 1.82) is 0 Å². The minimum Gasteiger partial charge on any atom is -0.497 e. The van der Waals surface area contributed by atoms with Gasteiger partial charge in [0.15, 0.2) is 0 Å². The van der Waals surface area contributed by atoms with Crippen LogP contribution >= 0.6 is 24.8 Å². The molecule has 1 atom stereocenters. The summed E-state index contributed by atoms with van der Waals surface area (Å²) in [6.07, 6.45) is 0. The maximum absolute atomic E-state index is 12.6. The van der Waals surface area contributed by atoms with Gasteiger partial charge in [-0.15, -0.1) is 24.8 Å². The number of amides is 1. The molecule has 2 aromatic rings. The lowest BCUT2D eigenvalue weighted by atomic mass is 9.88. The molecule has 8 nitrogen and oxygen atoms in total. The number of ether oxygens (including phenoxy) is 1. The molecule has 0 saturated carbocycles. The van der Waals surface area contributed by atoms with Crippen LogP contribution in [0.3, 0.4) is 0 Å². The van der Waals surface area contributed by atoms with Crippen LogP contribution in [-0.4, -0.2) is 72.2 Å². The van der Waals surface area contributed by atoms with Crippen molar-refractivity contribution in [2.75, 3.05) is 46.4 Å². The zero-order valence-electron chi connectivity index (χ0n) is 17.2. The van der Waals surface area contributed by atoms with Crippen molar-refractivity contribution in [1.82, 2.24) is 25.3 Å². The molecule has 2 fully saturated rings. The number of hydrogen-bond donors (Lipinski definition) is 1. The van der Waals surface area contributed by atoms with Gasteiger partial charge in [-0.1, -0.05) is 12.1 Å². The number of rotatable bonds is 6. The topological polar surface area (TPSA) is 83.7 Å². The highest BCUT2D eigenvalue weighted by molar-refractivity contribution is 5.85. The Morgan fingerprint density at radius 1 is 1.20 bits per heavy atom. The van der Waals surface area contributed by atoms with E-state index in [4.69, 9.17) is 9.26 Å². The summed E-state index contributed by atoms with van der Waals surface area (Å²) >= 11 is 0. The number of benzene rings is 1. The van der Waals surface area contributed by atoms with Gasteiger partial charge in [0, 0.05) is 37.7 Å². The molecule has 1 amide bonds. The summed E-state index contributed by atoms with van der Waals surface area (Å²) in [5.41, 5.74) is 0.894. The molecule has 4 rings (SSSR count). The van der Waals surface area contributed by atoms with E-state index in [1.807, 2.05) is 29.2 Å². The maximum Gasteiger partial charge on any atom is 0.241 e. The second-order valence-electron chi connectivity index (χ2n) is 7.55. The zero-order chi connectivity index (χ0) is 19.5. The molecule has 0 bridgehead atoms. The number of carbonyl (C=O) groups excluding carboxylic acids is 1. The fraction of sp³-hybridized carbons (Fsp3) is 0.550. The standard InChI is InChI=1S/C20H27N5O3.2ClH/c1-14(16-11-21-12-16)20(26)25-9-7-24(8-10-25)13-18-22-19(23-28-18)15-3-5-17(27-2)6-4-15;;/h3-6,14,16,21H,7-13H2,1-2H3;2*1H. The average Bonchev–Trinajstić information content (AvgIpc) is 3.15. The summed E-state index contributed by atoms with van der Waals surface area (Å²) in [7, 11) is 1.64. The van der Waals surface area contributed by atoms with Crippen molar-refractivity contribution in [3.63, 3.8) is 0 Å². The van der Waals surface area contributed by atoms with Crippen LogP contribution in [0.4, 0.5) is 0 Å². The molecule has 0 radical (unpaired) electrons. The Morgan fingerprint density at radius 3 is 2.43 bits per heavy atom. The van der Waals surface area contributed by atoms with E-state index in [1.54, 1.807) is 7.11 Å². The average molecular weight is 458 g/mol. The van der Waals surface area contributed by atoms with Crippen LogP contribution in [0.2, 0.25) is 0 Å². The van der Waals surface area contributed by atoms with E-state index in [2.05, 4.69) is 27.3 Å². The second kappa shape index (κ2) is 10.9. The lowest BCUT2D eigenvalue weighted by Crippen LogP contribution is -2.54. The minimum absolute atomic E-state index is 0. The van der Waals surface area contributed by atoms with Gasteiger partial charge in [0.25, 0.3) is 0 Å². The van der Waals surface area contributed by atoms with Crippen molar-refractivity contribution in [2.24, 2.45) is 11.8 Å². The summed E-state index contributed by atoms with van der Waals surface area (Å²) < 4.78 is 10.6. The van der Waals surface area contributed by atoms with Crippen molar-refractivity contribution in [3.05, 3.63) is 30.2 Å². The van der Waals surface area contributed by atoms with E-state index in [0.29, 0.717) is 24.2 Å². The molecule has 3 heterocycles. The van der Waals surface area contributed by atoms with Gasteiger partial charge in [-0.3, -0.25) is 9.69 Å². The summed E-state index contributed by atoms with van der Waals surface area (Å²) in [4.78, 5) is 21.4. The predicted octanol–water partition coefficient (Wildman–Crippen LogP) is 2.09. The third-order valence-corrected chi connectivity index (χ3v) is 5.77. The van der Waals surface area contributed by atoms with Crippen LogP contribution in [0.5, 0.6) is 5.75 Å². The van der Waals surface area contributed by atoms with Gasteiger partial charge in [0.2, 0.25) is 17.6 Å². The minimum atomic E-state index is 0. The number of carbonyl (C=O) groups is 1. The van der Waals surface area contributed by atoms with Crippen LogP contribution in [0.1, 0.15) is 12.8 Å². The quantitative estimate of drug-likeness (QED) is 0.710. The van der Waals surface area contributed by atoms with Gasteiger partial charge in [0.1, 0.15) is 5.75 Å². The van der Waals surface area contributed by atoms with E-state index < -0.39 is 0 Å². The zero-order valence-corrected chi connectivity index (χ0v) is 18.9. The maximum atomic E-state index is 12.6. The molecule has 0 aliphatic carbocycles. The molecule has 166 valence electrons. The normalized spacial score (nSPS) is 18.0.